The van der Waals surface area contributed by atoms with Crippen molar-refractivity contribution in [2.75, 3.05) is 18.4 Å². The highest BCUT2D eigenvalue weighted by atomic mass is 35.5. The molecule has 0 aliphatic carbocycles. The molecule has 0 bridgehead atoms. The van der Waals surface area contributed by atoms with E-state index in [1.807, 2.05) is 41.2 Å². The fourth-order valence-electron chi connectivity index (χ4n) is 3.03. The van der Waals surface area contributed by atoms with Gasteiger partial charge in [-0.05, 0) is 25.5 Å². The predicted octanol–water partition coefficient (Wildman–Crippen LogP) is 3.61. The van der Waals surface area contributed by atoms with E-state index < -0.39 is 0 Å². The van der Waals surface area contributed by atoms with Crippen LogP contribution in [0.5, 0.6) is 0 Å². The molecule has 0 radical (unpaired) electrons. The van der Waals surface area contributed by atoms with Crippen LogP contribution in [0.1, 0.15) is 29.4 Å². The molecule has 1 unspecified atom stereocenters. The monoisotopic (exact) mass is 389 g/mol. The topological polar surface area (TPSA) is 71.8 Å². The molecular formula is C18H20ClN5OS. The van der Waals surface area contributed by atoms with Crippen molar-refractivity contribution in [1.29, 1.82) is 0 Å². The SMILES string of the molecule is Cl.O=C(Nc1scnc1-c1ccccc1)c1ccn(C2CCCNC2)n1. The Morgan fingerprint density at radius 3 is 2.88 bits per heavy atom. The van der Waals surface area contributed by atoms with E-state index in [1.165, 1.54) is 11.3 Å². The molecule has 3 aromatic rings. The van der Waals surface area contributed by atoms with Crippen molar-refractivity contribution in [3.05, 3.63) is 53.8 Å². The highest BCUT2D eigenvalue weighted by Crippen LogP contribution is 2.30. The maximum atomic E-state index is 12.6. The second kappa shape index (κ2) is 8.44. The van der Waals surface area contributed by atoms with Crippen molar-refractivity contribution in [3.8, 4) is 11.3 Å². The van der Waals surface area contributed by atoms with Crippen molar-refractivity contribution >= 4 is 34.7 Å². The van der Waals surface area contributed by atoms with E-state index in [1.54, 1.807) is 11.6 Å². The van der Waals surface area contributed by atoms with E-state index in [-0.39, 0.29) is 18.3 Å². The van der Waals surface area contributed by atoms with Gasteiger partial charge in [0.1, 0.15) is 10.7 Å². The number of rotatable bonds is 4. The Bertz CT molecular complexity index is 857. The van der Waals surface area contributed by atoms with Gasteiger partial charge in [-0.25, -0.2) is 4.98 Å². The van der Waals surface area contributed by atoms with Crippen molar-refractivity contribution in [3.63, 3.8) is 0 Å². The number of hydrogen-bond donors (Lipinski definition) is 2. The molecule has 1 aliphatic rings. The Hall–Kier alpha value is -2.22. The lowest BCUT2D eigenvalue weighted by Crippen LogP contribution is -2.32. The summed E-state index contributed by atoms with van der Waals surface area (Å²) in [5.74, 6) is -0.205. The molecular weight excluding hydrogens is 370 g/mol. The summed E-state index contributed by atoms with van der Waals surface area (Å²) in [4.78, 5) is 16.9. The molecule has 1 saturated heterocycles. The van der Waals surface area contributed by atoms with Gasteiger partial charge in [-0.15, -0.1) is 23.7 Å². The zero-order chi connectivity index (χ0) is 17.1. The number of piperidine rings is 1. The van der Waals surface area contributed by atoms with Gasteiger partial charge in [0.25, 0.3) is 5.91 Å². The lowest BCUT2D eigenvalue weighted by atomic mass is 10.1. The molecule has 26 heavy (non-hydrogen) atoms. The Morgan fingerprint density at radius 2 is 2.12 bits per heavy atom. The van der Waals surface area contributed by atoms with Crippen LogP contribution in [0.3, 0.4) is 0 Å². The number of benzene rings is 1. The Morgan fingerprint density at radius 1 is 1.27 bits per heavy atom. The minimum atomic E-state index is -0.205. The molecule has 2 aromatic heterocycles. The van der Waals surface area contributed by atoms with Gasteiger partial charge in [-0.3, -0.25) is 9.48 Å². The van der Waals surface area contributed by atoms with Crippen molar-refractivity contribution < 1.29 is 4.79 Å². The highest BCUT2D eigenvalue weighted by molar-refractivity contribution is 7.14. The Balaban J connectivity index is 0.00000196. The summed E-state index contributed by atoms with van der Waals surface area (Å²) in [6, 6.07) is 11.9. The van der Waals surface area contributed by atoms with Crippen LogP contribution in [0, 0.1) is 0 Å². The Kier molecular flexibility index (Phi) is 6.03. The largest absolute Gasteiger partial charge is 0.315 e. The summed E-state index contributed by atoms with van der Waals surface area (Å²) in [5.41, 5.74) is 3.94. The zero-order valence-corrected chi connectivity index (χ0v) is 15.7. The molecule has 0 saturated carbocycles. The first-order valence-electron chi connectivity index (χ1n) is 8.37. The maximum absolute atomic E-state index is 12.6. The molecule has 1 atom stereocenters. The Labute approximate surface area is 162 Å². The summed E-state index contributed by atoms with van der Waals surface area (Å²) in [6.07, 6.45) is 4.10. The van der Waals surface area contributed by atoms with Gasteiger partial charge in [0.2, 0.25) is 0 Å². The summed E-state index contributed by atoms with van der Waals surface area (Å²) in [5, 5.41) is 11.5. The van der Waals surface area contributed by atoms with Crippen LogP contribution in [-0.2, 0) is 0 Å². The third-order valence-electron chi connectivity index (χ3n) is 4.33. The summed E-state index contributed by atoms with van der Waals surface area (Å²) < 4.78 is 1.89. The third kappa shape index (κ3) is 3.95. The molecule has 3 heterocycles. The van der Waals surface area contributed by atoms with Gasteiger partial charge < -0.3 is 10.6 Å². The zero-order valence-electron chi connectivity index (χ0n) is 14.1. The molecule has 8 heteroatoms. The number of amides is 1. The lowest BCUT2D eigenvalue weighted by Gasteiger charge is -2.22. The fourth-order valence-corrected chi connectivity index (χ4v) is 3.72. The van der Waals surface area contributed by atoms with Gasteiger partial charge in [-0.1, -0.05) is 30.3 Å². The van der Waals surface area contributed by atoms with Crippen LogP contribution >= 0.6 is 23.7 Å². The second-order valence-electron chi connectivity index (χ2n) is 6.03. The maximum Gasteiger partial charge on any atom is 0.276 e. The molecule has 136 valence electrons. The second-order valence-corrected chi connectivity index (χ2v) is 6.89. The quantitative estimate of drug-likeness (QED) is 0.715. The smallest absolute Gasteiger partial charge is 0.276 e. The van der Waals surface area contributed by atoms with Gasteiger partial charge in [0.15, 0.2) is 5.69 Å². The van der Waals surface area contributed by atoms with E-state index in [0.29, 0.717) is 11.7 Å². The fraction of sp³-hybridized carbons (Fsp3) is 0.278. The summed E-state index contributed by atoms with van der Waals surface area (Å²) in [7, 11) is 0. The number of carbonyl (C=O) groups excluding carboxylic acids is 1. The van der Waals surface area contributed by atoms with E-state index in [0.717, 1.165) is 42.2 Å². The highest BCUT2D eigenvalue weighted by Gasteiger charge is 2.19. The number of nitrogens with zero attached hydrogens (tertiary/aromatic N) is 3. The third-order valence-corrected chi connectivity index (χ3v) is 5.07. The number of aromatic nitrogens is 3. The summed E-state index contributed by atoms with van der Waals surface area (Å²) >= 11 is 1.41. The van der Waals surface area contributed by atoms with Crippen LogP contribution in [0.4, 0.5) is 5.00 Å². The average Bonchev–Trinajstić information content (AvgIpc) is 3.33. The number of anilines is 1. The van der Waals surface area contributed by atoms with Gasteiger partial charge >= 0.3 is 0 Å². The van der Waals surface area contributed by atoms with E-state index in [4.69, 9.17) is 0 Å². The number of carbonyl (C=O) groups is 1. The van der Waals surface area contributed by atoms with E-state index >= 15 is 0 Å². The van der Waals surface area contributed by atoms with Gasteiger partial charge in [0, 0.05) is 18.3 Å². The number of hydrogen-bond acceptors (Lipinski definition) is 5. The summed E-state index contributed by atoms with van der Waals surface area (Å²) in [6.45, 7) is 1.95. The van der Waals surface area contributed by atoms with Crippen molar-refractivity contribution in [2.45, 2.75) is 18.9 Å². The van der Waals surface area contributed by atoms with Crippen molar-refractivity contribution in [1.82, 2.24) is 20.1 Å². The molecule has 1 aromatic carbocycles. The molecule has 2 N–H and O–H groups in total. The first-order valence-corrected chi connectivity index (χ1v) is 9.25. The first-order chi connectivity index (χ1) is 12.3. The lowest BCUT2D eigenvalue weighted by molar-refractivity contribution is 0.102. The van der Waals surface area contributed by atoms with Crippen LogP contribution < -0.4 is 10.6 Å². The molecule has 1 amide bonds. The molecule has 6 nitrogen and oxygen atoms in total. The van der Waals surface area contributed by atoms with Crippen LogP contribution in [0.2, 0.25) is 0 Å². The number of nitrogens with one attached hydrogen (secondary N) is 2. The minimum absolute atomic E-state index is 0. The van der Waals surface area contributed by atoms with Gasteiger partial charge in [-0.2, -0.15) is 5.10 Å². The van der Waals surface area contributed by atoms with Gasteiger partial charge in [0.05, 0.1) is 11.6 Å². The molecule has 1 fully saturated rings. The molecule has 1 aliphatic heterocycles. The standard InChI is InChI=1S/C18H19N5OS.ClH/c24-17(15-8-10-23(22-15)14-7-4-9-19-11-14)21-18-16(20-12-25-18)13-5-2-1-3-6-13;/h1-3,5-6,8,10,12,14,19H,4,7,9,11H2,(H,21,24);1H. The molecule has 0 spiro atoms. The van der Waals surface area contributed by atoms with Crippen LogP contribution in [0.25, 0.3) is 11.3 Å². The predicted molar refractivity (Wildman–Crippen MR) is 106 cm³/mol. The van der Waals surface area contributed by atoms with Crippen LogP contribution in [0.15, 0.2) is 48.1 Å². The number of halogens is 1. The average molecular weight is 390 g/mol. The normalized spacial score (nSPS) is 16.7. The number of thiazole rings is 1. The van der Waals surface area contributed by atoms with E-state index in [2.05, 4.69) is 20.7 Å². The van der Waals surface area contributed by atoms with E-state index in [9.17, 15) is 4.79 Å². The van der Waals surface area contributed by atoms with Crippen LogP contribution in [-0.4, -0.2) is 33.8 Å². The first kappa shape index (κ1) is 18.6. The molecule has 4 rings (SSSR count). The minimum Gasteiger partial charge on any atom is -0.315 e. The van der Waals surface area contributed by atoms with Crippen molar-refractivity contribution in [2.24, 2.45) is 0 Å².